The summed E-state index contributed by atoms with van der Waals surface area (Å²) in [4.78, 5) is 13.8. The summed E-state index contributed by atoms with van der Waals surface area (Å²) >= 11 is 0. The molecule has 1 unspecified atom stereocenters. The molecule has 1 aliphatic carbocycles. The molecule has 0 bridgehead atoms. The van der Waals surface area contributed by atoms with Crippen molar-refractivity contribution in [1.29, 1.82) is 0 Å². The van der Waals surface area contributed by atoms with Gasteiger partial charge in [-0.3, -0.25) is 4.79 Å². The lowest BCUT2D eigenvalue weighted by atomic mass is 10.0. The smallest absolute Gasteiger partial charge is 0.247 e. The average molecular weight is 297 g/mol. The molecule has 1 heterocycles. The Labute approximate surface area is 129 Å². The molecule has 1 atom stereocenters. The van der Waals surface area contributed by atoms with E-state index in [0.29, 0.717) is 30.7 Å². The molecular formula is C17H19N3O2. The van der Waals surface area contributed by atoms with Crippen LogP contribution in [-0.4, -0.2) is 28.1 Å². The normalized spacial score (nSPS) is 16.9. The molecule has 2 aromatic rings. The van der Waals surface area contributed by atoms with E-state index in [4.69, 9.17) is 4.42 Å². The zero-order valence-electron chi connectivity index (χ0n) is 12.6. The van der Waals surface area contributed by atoms with E-state index in [1.165, 1.54) is 0 Å². The molecule has 1 aromatic carbocycles. The minimum atomic E-state index is 0.107. The molecule has 1 aromatic heterocycles. The Morgan fingerprint density at radius 3 is 2.86 bits per heavy atom. The van der Waals surface area contributed by atoms with Crippen LogP contribution in [0.25, 0.3) is 11.5 Å². The molecule has 1 aliphatic rings. The van der Waals surface area contributed by atoms with Crippen molar-refractivity contribution in [2.75, 3.05) is 7.05 Å². The molecule has 0 spiro atoms. The van der Waals surface area contributed by atoms with Crippen molar-refractivity contribution in [1.82, 2.24) is 15.1 Å². The molecular weight excluding hydrogens is 278 g/mol. The second-order valence-electron chi connectivity index (χ2n) is 5.59. The minimum Gasteiger partial charge on any atom is -0.419 e. The summed E-state index contributed by atoms with van der Waals surface area (Å²) < 4.78 is 5.63. The van der Waals surface area contributed by atoms with Gasteiger partial charge in [0, 0.05) is 19.0 Å². The van der Waals surface area contributed by atoms with Crippen LogP contribution >= 0.6 is 0 Å². The third-order valence-electron chi connectivity index (χ3n) is 3.83. The number of allylic oxidation sites excluding steroid dienone is 2. The molecule has 0 aliphatic heterocycles. The van der Waals surface area contributed by atoms with Gasteiger partial charge in [-0.05, 0) is 30.9 Å². The van der Waals surface area contributed by atoms with E-state index < -0.39 is 0 Å². The number of benzene rings is 1. The number of rotatable bonds is 5. The molecule has 0 saturated heterocycles. The Kier molecular flexibility index (Phi) is 4.32. The highest BCUT2D eigenvalue weighted by Crippen LogP contribution is 2.22. The number of hydrogen-bond acceptors (Lipinski definition) is 4. The molecule has 22 heavy (non-hydrogen) atoms. The van der Waals surface area contributed by atoms with Crippen LogP contribution in [0.1, 0.15) is 25.2 Å². The van der Waals surface area contributed by atoms with E-state index >= 15 is 0 Å². The first kappa shape index (κ1) is 14.5. The van der Waals surface area contributed by atoms with Crippen LogP contribution in [0.2, 0.25) is 0 Å². The van der Waals surface area contributed by atoms with E-state index in [-0.39, 0.29) is 5.91 Å². The first-order valence-electron chi connectivity index (χ1n) is 7.51. The summed E-state index contributed by atoms with van der Waals surface area (Å²) in [5.74, 6) is 1.42. The van der Waals surface area contributed by atoms with E-state index in [2.05, 4.69) is 22.3 Å². The first-order valence-corrected chi connectivity index (χ1v) is 7.51. The van der Waals surface area contributed by atoms with Crippen molar-refractivity contribution >= 4 is 5.91 Å². The van der Waals surface area contributed by atoms with Gasteiger partial charge in [-0.25, -0.2) is 0 Å². The lowest BCUT2D eigenvalue weighted by Gasteiger charge is -2.16. The minimum absolute atomic E-state index is 0.107. The van der Waals surface area contributed by atoms with Gasteiger partial charge < -0.3 is 9.32 Å². The van der Waals surface area contributed by atoms with Gasteiger partial charge in [-0.1, -0.05) is 30.4 Å². The topological polar surface area (TPSA) is 59.2 Å². The van der Waals surface area contributed by atoms with Crippen LogP contribution in [-0.2, 0) is 11.3 Å². The molecule has 3 rings (SSSR count). The highest BCUT2D eigenvalue weighted by molar-refractivity contribution is 5.76. The maximum Gasteiger partial charge on any atom is 0.247 e. The summed E-state index contributed by atoms with van der Waals surface area (Å²) in [6.07, 6.45) is 6.96. The maximum atomic E-state index is 12.2. The average Bonchev–Trinajstić information content (AvgIpc) is 3.20. The second-order valence-corrected chi connectivity index (χ2v) is 5.59. The van der Waals surface area contributed by atoms with Crippen LogP contribution in [0.3, 0.4) is 0 Å². The van der Waals surface area contributed by atoms with Gasteiger partial charge in [-0.15, -0.1) is 10.2 Å². The Bertz CT molecular complexity index is 664. The van der Waals surface area contributed by atoms with Gasteiger partial charge in [0.1, 0.15) is 0 Å². The third-order valence-corrected chi connectivity index (χ3v) is 3.83. The van der Waals surface area contributed by atoms with Crippen molar-refractivity contribution in [3.63, 3.8) is 0 Å². The van der Waals surface area contributed by atoms with Crippen molar-refractivity contribution in [2.45, 2.75) is 25.8 Å². The third kappa shape index (κ3) is 3.42. The fraction of sp³-hybridized carbons (Fsp3) is 0.353. The van der Waals surface area contributed by atoms with E-state index in [9.17, 15) is 4.79 Å². The van der Waals surface area contributed by atoms with E-state index in [1.807, 2.05) is 30.3 Å². The lowest BCUT2D eigenvalue weighted by Crippen LogP contribution is -2.27. The monoisotopic (exact) mass is 297 g/mol. The molecule has 0 fully saturated rings. The summed E-state index contributed by atoms with van der Waals surface area (Å²) in [5, 5.41) is 8.06. The quantitative estimate of drug-likeness (QED) is 0.796. The van der Waals surface area contributed by atoms with Crippen LogP contribution in [0.5, 0.6) is 0 Å². The Hall–Kier alpha value is -2.43. The number of aromatic nitrogens is 2. The summed E-state index contributed by atoms with van der Waals surface area (Å²) in [6.45, 7) is 0.342. The first-order chi connectivity index (χ1) is 10.7. The molecule has 114 valence electrons. The standard InChI is InChI=1S/C17H19N3O2/c1-20(16(21)11-13-7-5-6-8-13)12-15-18-19-17(22-15)14-9-3-2-4-10-14/h2-5,7,9-10,13H,6,8,11-12H2,1H3. The fourth-order valence-electron chi connectivity index (χ4n) is 2.55. The highest BCUT2D eigenvalue weighted by atomic mass is 16.4. The van der Waals surface area contributed by atoms with Crippen LogP contribution in [0, 0.1) is 5.92 Å². The molecule has 0 radical (unpaired) electrons. The van der Waals surface area contributed by atoms with Crippen LogP contribution < -0.4 is 0 Å². The Morgan fingerprint density at radius 2 is 2.14 bits per heavy atom. The van der Waals surface area contributed by atoms with Gasteiger partial charge in [0.15, 0.2) is 0 Å². The number of amides is 1. The number of carbonyl (C=O) groups is 1. The van der Waals surface area contributed by atoms with Gasteiger partial charge in [0.05, 0.1) is 6.54 Å². The van der Waals surface area contributed by atoms with Gasteiger partial charge in [0.25, 0.3) is 0 Å². The molecule has 5 heteroatoms. The Morgan fingerprint density at radius 1 is 1.32 bits per heavy atom. The van der Waals surface area contributed by atoms with Crippen molar-refractivity contribution in [2.24, 2.45) is 5.92 Å². The Balaban J connectivity index is 1.59. The van der Waals surface area contributed by atoms with Gasteiger partial charge in [-0.2, -0.15) is 0 Å². The number of carbonyl (C=O) groups excluding carboxylic acids is 1. The largest absolute Gasteiger partial charge is 0.419 e. The molecule has 0 saturated carbocycles. The SMILES string of the molecule is CN(Cc1nnc(-c2ccccc2)o1)C(=O)CC1C=CCC1. The predicted octanol–water partition coefficient (Wildman–Crippen LogP) is 3.05. The molecule has 1 amide bonds. The summed E-state index contributed by atoms with van der Waals surface area (Å²) in [5.41, 5.74) is 0.881. The number of nitrogens with zero attached hydrogens (tertiary/aromatic N) is 3. The van der Waals surface area contributed by atoms with Crippen LogP contribution in [0.15, 0.2) is 46.9 Å². The zero-order chi connectivity index (χ0) is 15.4. The second kappa shape index (κ2) is 6.56. The zero-order valence-corrected chi connectivity index (χ0v) is 12.6. The van der Waals surface area contributed by atoms with E-state index in [1.54, 1.807) is 11.9 Å². The van der Waals surface area contributed by atoms with Crippen molar-refractivity contribution in [3.05, 3.63) is 48.4 Å². The summed E-state index contributed by atoms with van der Waals surface area (Å²) in [6, 6.07) is 9.61. The lowest BCUT2D eigenvalue weighted by molar-refractivity contribution is -0.131. The highest BCUT2D eigenvalue weighted by Gasteiger charge is 2.19. The molecule has 0 N–H and O–H groups in total. The van der Waals surface area contributed by atoms with Gasteiger partial charge in [0.2, 0.25) is 17.7 Å². The summed E-state index contributed by atoms with van der Waals surface area (Å²) in [7, 11) is 1.77. The maximum absolute atomic E-state index is 12.2. The number of hydrogen-bond donors (Lipinski definition) is 0. The fourth-order valence-corrected chi connectivity index (χ4v) is 2.55. The molecule has 5 nitrogen and oxygen atoms in total. The van der Waals surface area contributed by atoms with Crippen LogP contribution in [0.4, 0.5) is 0 Å². The van der Waals surface area contributed by atoms with Gasteiger partial charge >= 0.3 is 0 Å². The van der Waals surface area contributed by atoms with E-state index in [0.717, 1.165) is 18.4 Å². The van der Waals surface area contributed by atoms with Crippen molar-refractivity contribution in [3.8, 4) is 11.5 Å². The van der Waals surface area contributed by atoms with Crippen molar-refractivity contribution < 1.29 is 9.21 Å². The predicted molar refractivity (Wildman–Crippen MR) is 82.7 cm³/mol.